The van der Waals surface area contributed by atoms with Crippen molar-refractivity contribution in [1.29, 1.82) is 0 Å². The smallest absolute Gasteiger partial charge is 0.0744 e. The molecule has 1 heterocycles. The summed E-state index contributed by atoms with van der Waals surface area (Å²) in [7, 11) is 0. The SMILES string of the molecule is CC1CC(O)(C(C)(C)C)CC(C)O1. The van der Waals surface area contributed by atoms with Gasteiger partial charge in [0.25, 0.3) is 0 Å². The summed E-state index contributed by atoms with van der Waals surface area (Å²) in [4.78, 5) is 0. The second kappa shape index (κ2) is 3.25. The maximum Gasteiger partial charge on any atom is 0.0744 e. The Labute approximate surface area is 81.3 Å². The number of hydrogen-bond acceptors (Lipinski definition) is 2. The molecule has 2 unspecified atom stereocenters. The van der Waals surface area contributed by atoms with Gasteiger partial charge in [0.2, 0.25) is 0 Å². The highest BCUT2D eigenvalue weighted by Gasteiger charge is 2.45. The van der Waals surface area contributed by atoms with Gasteiger partial charge in [0.05, 0.1) is 17.8 Å². The van der Waals surface area contributed by atoms with Crippen LogP contribution in [-0.2, 0) is 4.74 Å². The van der Waals surface area contributed by atoms with E-state index >= 15 is 0 Å². The van der Waals surface area contributed by atoms with Crippen molar-refractivity contribution in [3.8, 4) is 0 Å². The van der Waals surface area contributed by atoms with Crippen molar-refractivity contribution < 1.29 is 9.84 Å². The Kier molecular flexibility index (Phi) is 2.75. The standard InChI is InChI=1S/C11H22O2/c1-8-6-11(12,10(3,4)5)7-9(2)13-8/h8-9,12H,6-7H2,1-5H3. The number of hydrogen-bond donors (Lipinski definition) is 1. The van der Waals surface area contributed by atoms with Crippen LogP contribution < -0.4 is 0 Å². The van der Waals surface area contributed by atoms with Gasteiger partial charge in [-0.05, 0) is 19.3 Å². The van der Waals surface area contributed by atoms with Crippen molar-refractivity contribution in [3.63, 3.8) is 0 Å². The zero-order valence-corrected chi connectivity index (χ0v) is 9.42. The van der Waals surface area contributed by atoms with E-state index in [1.54, 1.807) is 0 Å². The maximum absolute atomic E-state index is 10.5. The molecule has 0 saturated carbocycles. The normalized spacial score (nSPS) is 42.0. The largest absolute Gasteiger partial charge is 0.389 e. The van der Waals surface area contributed by atoms with Crippen LogP contribution in [0.5, 0.6) is 0 Å². The van der Waals surface area contributed by atoms with Crippen molar-refractivity contribution in [3.05, 3.63) is 0 Å². The van der Waals surface area contributed by atoms with Crippen molar-refractivity contribution >= 4 is 0 Å². The topological polar surface area (TPSA) is 29.5 Å². The highest BCUT2D eigenvalue weighted by molar-refractivity contribution is 4.95. The Balaban J connectivity index is 2.78. The minimum Gasteiger partial charge on any atom is -0.389 e. The molecule has 2 atom stereocenters. The molecule has 13 heavy (non-hydrogen) atoms. The molecule has 0 spiro atoms. The van der Waals surface area contributed by atoms with Crippen LogP contribution in [0, 0.1) is 5.41 Å². The Hall–Kier alpha value is -0.0800. The fourth-order valence-electron chi connectivity index (χ4n) is 2.14. The van der Waals surface area contributed by atoms with E-state index in [0.29, 0.717) is 0 Å². The second-order valence-corrected chi connectivity index (χ2v) is 5.45. The van der Waals surface area contributed by atoms with E-state index < -0.39 is 5.60 Å². The van der Waals surface area contributed by atoms with Crippen LogP contribution in [0.1, 0.15) is 47.5 Å². The Morgan fingerprint density at radius 2 is 1.54 bits per heavy atom. The lowest BCUT2D eigenvalue weighted by molar-refractivity contribution is -0.174. The fourth-order valence-corrected chi connectivity index (χ4v) is 2.14. The number of rotatable bonds is 0. The van der Waals surface area contributed by atoms with Crippen LogP contribution in [0.4, 0.5) is 0 Å². The molecule has 2 heteroatoms. The Morgan fingerprint density at radius 3 is 1.85 bits per heavy atom. The first-order chi connectivity index (χ1) is 5.74. The number of aliphatic hydroxyl groups is 1. The van der Waals surface area contributed by atoms with Crippen molar-refractivity contribution in [1.82, 2.24) is 0 Å². The lowest BCUT2D eigenvalue weighted by Crippen LogP contribution is -2.51. The highest BCUT2D eigenvalue weighted by atomic mass is 16.5. The lowest BCUT2D eigenvalue weighted by Gasteiger charge is -2.47. The molecule has 0 aromatic heterocycles. The summed E-state index contributed by atoms with van der Waals surface area (Å²) in [6, 6.07) is 0. The van der Waals surface area contributed by atoms with Gasteiger partial charge in [-0.3, -0.25) is 0 Å². The van der Waals surface area contributed by atoms with Crippen LogP contribution in [0.2, 0.25) is 0 Å². The van der Waals surface area contributed by atoms with E-state index in [1.807, 2.05) is 13.8 Å². The first-order valence-corrected chi connectivity index (χ1v) is 5.12. The maximum atomic E-state index is 10.5. The van der Waals surface area contributed by atoms with Crippen LogP contribution in [-0.4, -0.2) is 22.9 Å². The summed E-state index contributed by atoms with van der Waals surface area (Å²) in [5, 5.41) is 10.5. The summed E-state index contributed by atoms with van der Waals surface area (Å²) >= 11 is 0. The molecule has 0 aromatic rings. The fraction of sp³-hybridized carbons (Fsp3) is 1.00. The molecule has 0 aliphatic carbocycles. The molecule has 1 saturated heterocycles. The number of ether oxygens (including phenoxy) is 1. The quantitative estimate of drug-likeness (QED) is 0.629. The third kappa shape index (κ3) is 2.23. The average Bonchev–Trinajstić information content (AvgIpc) is 1.79. The molecule has 1 aliphatic heterocycles. The zero-order valence-electron chi connectivity index (χ0n) is 9.42. The van der Waals surface area contributed by atoms with Crippen LogP contribution in [0.15, 0.2) is 0 Å². The molecule has 0 aromatic carbocycles. The predicted molar refractivity (Wildman–Crippen MR) is 53.6 cm³/mol. The van der Waals surface area contributed by atoms with Gasteiger partial charge in [-0.1, -0.05) is 20.8 Å². The first kappa shape index (κ1) is 11.0. The molecule has 0 bridgehead atoms. The summed E-state index contributed by atoms with van der Waals surface area (Å²) in [5.41, 5.74) is -0.622. The summed E-state index contributed by atoms with van der Waals surface area (Å²) in [6.45, 7) is 10.4. The second-order valence-electron chi connectivity index (χ2n) is 5.45. The molecule has 1 rings (SSSR count). The first-order valence-electron chi connectivity index (χ1n) is 5.12. The monoisotopic (exact) mass is 186 g/mol. The molecule has 1 aliphatic rings. The van der Waals surface area contributed by atoms with Gasteiger partial charge in [-0.25, -0.2) is 0 Å². The summed E-state index contributed by atoms with van der Waals surface area (Å²) in [6.07, 6.45) is 1.85. The zero-order chi connectivity index (χ0) is 10.3. The molecule has 78 valence electrons. The van der Waals surface area contributed by atoms with Gasteiger partial charge in [0.15, 0.2) is 0 Å². The van der Waals surface area contributed by atoms with Crippen LogP contribution in [0.25, 0.3) is 0 Å². The Bertz CT molecular complexity index is 171. The van der Waals surface area contributed by atoms with Gasteiger partial charge >= 0.3 is 0 Å². The van der Waals surface area contributed by atoms with Crippen molar-refractivity contribution in [2.24, 2.45) is 5.41 Å². The van der Waals surface area contributed by atoms with E-state index in [1.165, 1.54) is 0 Å². The minimum absolute atomic E-state index is 0.0562. The van der Waals surface area contributed by atoms with Gasteiger partial charge < -0.3 is 9.84 Å². The van der Waals surface area contributed by atoms with E-state index in [4.69, 9.17) is 4.74 Å². The Morgan fingerprint density at radius 1 is 1.15 bits per heavy atom. The van der Waals surface area contributed by atoms with E-state index in [2.05, 4.69) is 20.8 Å². The summed E-state index contributed by atoms with van der Waals surface area (Å²) in [5.74, 6) is 0. The average molecular weight is 186 g/mol. The van der Waals surface area contributed by atoms with E-state index in [0.717, 1.165) is 12.8 Å². The third-order valence-electron chi connectivity index (χ3n) is 3.11. The summed E-state index contributed by atoms with van der Waals surface area (Å²) < 4.78 is 5.62. The van der Waals surface area contributed by atoms with Crippen LogP contribution >= 0.6 is 0 Å². The van der Waals surface area contributed by atoms with Gasteiger partial charge in [0, 0.05) is 12.8 Å². The van der Waals surface area contributed by atoms with Gasteiger partial charge in [0.1, 0.15) is 0 Å². The van der Waals surface area contributed by atoms with Crippen molar-refractivity contribution in [2.45, 2.75) is 65.3 Å². The van der Waals surface area contributed by atoms with E-state index in [9.17, 15) is 5.11 Å². The molecule has 0 amide bonds. The molecule has 2 nitrogen and oxygen atoms in total. The van der Waals surface area contributed by atoms with Crippen molar-refractivity contribution in [2.75, 3.05) is 0 Å². The predicted octanol–water partition coefficient (Wildman–Crippen LogP) is 2.35. The van der Waals surface area contributed by atoms with Crippen LogP contribution in [0.3, 0.4) is 0 Å². The molecule has 0 radical (unpaired) electrons. The molecular weight excluding hydrogens is 164 g/mol. The molecular formula is C11H22O2. The van der Waals surface area contributed by atoms with Gasteiger partial charge in [-0.2, -0.15) is 0 Å². The minimum atomic E-state index is -0.565. The van der Waals surface area contributed by atoms with Gasteiger partial charge in [-0.15, -0.1) is 0 Å². The highest BCUT2D eigenvalue weighted by Crippen LogP contribution is 2.41. The molecule has 1 N–H and O–H groups in total. The van der Waals surface area contributed by atoms with E-state index in [-0.39, 0.29) is 17.6 Å². The molecule has 1 fully saturated rings. The third-order valence-corrected chi connectivity index (χ3v) is 3.11. The lowest BCUT2D eigenvalue weighted by atomic mass is 9.69.